The molecule has 3 rings (SSSR count). The number of rotatable bonds is 4. The number of benzene rings is 2. The lowest BCUT2D eigenvalue weighted by Crippen LogP contribution is -2.27. The Labute approximate surface area is 135 Å². The third kappa shape index (κ3) is 3.13. The number of sulfonamides is 1. The van der Waals surface area contributed by atoms with E-state index in [0.717, 1.165) is 17.5 Å². The standard InChI is InChI=1S/C17H17NO4S/c1-22-17(19)13-8-7-12-9-10-16(15(12)11-13)18-23(20,21)14-5-3-2-4-6-14/h2-8,11,16,18H,9-10H2,1H3. The molecule has 23 heavy (non-hydrogen) atoms. The lowest BCUT2D eigenvalue weighted by atomic mass is 10.0. The highest BCUT2D eigenvalue weighted by molar-refractivity contribution is 7.89. The molecule has 6 heteroatoms. The van der Waals surface area contributed by atoms with Gasteiger partial charge in [0.15, 0.2) is 0 Å². The second kappa shape index (κ2) is 6.14. The average molecular weight is 331 g/mol. The molecule has 1 atom stereocenters. The Morgan fingerprint density at radius 3 is 2.61 bits per heavy atom. The zero-order valence-electron chi connectivity index (χ0n) is 12.7. The third-order valence-electron chi connectivity index (χ3n) is 4.00. The van der Waals surface area contributed by atoms with E-state index < -0.39 is 16.0 Å². The van der Waals surface area contributed by atoms with Gasteiger partial charge in [-0.15, -0.1) is 0 Å². The van der Waals surface area contributed by atoms with Crippen molar-refractivity contribution in [1.82, 2.24) is 4.72 Å². The molecule has 1 aliphatic carbocycles. The Balaban J connectivity index is 1.89. The van der Waals surface area contributed by atoms with Crippen LogP contribution in [0.1, 0.15) is 33.9 Å². The van der Waals surface area contributed by atoms with Crippen LogP contribution in [0.2, 0.25) is 0 Å². The molecule has 0 radical (unpaired) electrons. The van der Waals surface area contributed by atoms with Gasteiger partial charge in [-0.05, 0) is 48.2 Å². The number of esters is 1. The van der Waals surface area contributed by atoms with E-state index in [9.17, 15) is 13.2 Å². The highest BCUT2D eigenvalue weighted by Gasteiger charge is 2.28. The molecule has 0 heterocycles. The summed E-state index contributed by atoms with van der Waals surface area (Å²) in [5.41, 5.74) is 2.32. The Bertz CT molecular complexity index is 831. The molecule has 0 aromatic heterocycles. The minimum absolute atomic E-state index is 0.234. The number of nitrogens with one attached hydrogen (secondary N) is 1. The zero-order valence-corrected chi connectivity index (χ0v) is 13.5. The molecule has 1 N–H and O–H groups in total. The number of fused-ring (bicyclic) bond motifs is 1. The number of methoxy groups -OCH3 is 1. The molecular weight excluding hydrogens is 314 g/mol. The molecule has 1 unspecified atom stereocenters. The largest absolute Gasteiger partial charge is 0.465 e. The van der Waals surface area contributed by atoms with Gasteiger partial charge in [0.05, 0.1) is 17.6 Å². The van der Waals surface area contributed by atoms with Crippen LogP contribution in [0.5, 0.6) is 0 Å². The van der Waals surface area contributed by atoms with Crippen LogP contribution >= 0.6 is 0 Å². The van der Waals surface area contributed by atoms with Crippen LogP contribution in [-0.4, -0.2) is 21.5 Å². The fourth-order valence-corrected chi connectivity index (χ4v) is 4.10. The van der Waals surface area contributed by atoms with Gasteiger partial charge >= 0.3 is 5.97 Å². The lowest BCUT2D eigenvalue weighted by molar-refractivity contribution is 0.0600. The SMILES string of the molecule is COC(=O)c1ccc2c(c1)C(NS(=O)(=O)c1ccccc1)CC2. The number of aryl methyl sites for hydroxylation is 1. The van der Waals surface area contributed by atoms with Crippen molar-refractivity contribution in [2.45, 2.75) is 23.8 Å². The van der Waals surface area contributed by atoms with Gasteiger partial charge in [-0.3, -0.25) is 0 Å². The number of hydrogen-bond donors (Lipinski definition) is 1. The summed E-state index contributed by atoms with van der Waals surface area (Å²) >= 11 is 0. The van der Waals surface area contributed by atoms with E-state index in [1.54, 1.807) is 42.5 Å². The van der Waals surface area contributed by atoms with Crippen molar-refractivity contribution in [3.05, 3.63) is 65.2 Å². The Hall–Kier alpha value is -2.18. The molecule has 1 aliphatic rings. The summed E-state index contributed by atoms with van der Waals surface area (Å²) in [6.07, 6.45) is 1.45. The second-order valence-electron chi connectivity index (χ2n) is 5.43. The molecule has 2 aromatic rings. The maximum absolute atomic E-state index is 12.5. The van der Waals surface area contributed by atoms with Gasteiger partial charge in [0.2, 0.25) is 10.0 Å². The summed E-state index contributed by atoms with van der Waals surface area (Å²) in [6, 6.07) is 13.2. The summed E-state index contributed by atoms with van der Waals surface area (Å²) in [5.74, 6) is -0.427. The maximum Gasteiger partial charge on any atom is 0.337 e. The highest BCUT2D eigenvalue weighted by Crippen LogP contribution is 2.33. The smallest absolute Gasteiger partial charge is 0.337 e. The number of carbonyl (C=O) groups is 1. The summed E-state index contributed by atoms with van der Waals surface area (Å²) in [7, 11) is -2.27. The summed E-state index contributed by atoms with van der Waals surface area (Å²) in [4.78, 5) is 11.9. The van der Waals surface area contributed by atoms with Crippen LogP contribution in [0.15, 0.2) is 53.4 Å². The Morgan fingerprint density at radius 2 is 1.91 bits per heavy atom. The van der Waals surface area contributed by atoms with E-state index in [1.807, 2.05) is 6.07 Å². The van der Waals surface area contributed by atoms with Crippen molar-refractivity contribution < 1.29 is 17.9 Å². The van der Waals surface area contributed by atoms with Gasteiger partial charge < -0.3 is 4.74 Å². The van der Waals surface area contributed by atoms with Gasteiger partial charge in [-0.2, -0.15) is 0 Å². The first-order valence-electron chi connectivity index (χ1n) is 7.30. The number of ether oxygens (including phenoxy) is 1. The number of hydrogen-bond acceptors (Lipinski definition) is 4. The predicted molar refractivity (Wildman–Crippen MR) is 85.6 cm³/mol. The average Bonchev–Trinajstić information content (AvgIpc) is 2.96. The predicted octanol–water partition coefficient (Wildman–Crippen LogP) is 2.44. The van der Waals surface area contributed by atoms with Crippen LogP contribution in [-0.2, 0) is 21.2 Å². The molecule has 0 fully saturated rings. The van der Waals surface area contributed by atoms with Crippen molar-refractivity contribution in [2.75, 3.05) is 7.11 Å². The van der Waals surface area contributed by atoms with E-state index in [-0.39, 0.29) is 10.9 Å². The first-order valence-corrected chi connectivity index (χ1v) is 8.78. The van der Waals surface area contributed by atoms with E-state index in [1.165, 1.54) is 7.11 Å². The van der Waals surface area contributed by atoms with Crippen molar-refractivity contribution in [2.24, 2.45) is 0 Å². The van der Waals surface area contributed by atoms with E-state index >= 15 is 0 Å². The molecular formula is C17H17NO4S. The maximum atomic E-state index is 12.5. The topological polar surface area (TPSA) is 72.5 Å². The van der Waals surface area contributed by atoms with Crippen LogP contribution in [0.4, 0.5) is 0 Å². The fourth-order valence-electron chi connectivity index (χ4n) is 2.82. The van der Waals surface area contributed by atoms with Gasteiger partial charge in [-0.25, -0.2) is 17.9 Å². The molecule has 0 spiro atoms. The van der Waals surface area contributed by atoms with Crippen LogP contribution < -0.4 is 4.72 Å². The summed E-state index contributed by atoms with van der Waals surface area (Å²) in [5, 5.41) is 0. The zero-order chi connectivity index (χ0) is 16.4. The first-order chi connectivity index (χ1) is 11.0. The quantitative estimate of drug-likeness (QED) is 0.874. The van der Waals surface area contributed by atoms with Gasteiger partial charge in [0.25, 0.3) is 0 Å². The van der Waals surface area contributed by atoms with E-state index in [2.05, 4.69) is 4.72 Å². The van der Waals surface area contributed by atoms with Crippen molar-refractivity contribution >= 4 is 16.0 Å². The first kappa shape index (κ1) is 15.7. The van der Waals surface area contributed by atoms with E-state index in [4.69, 9.17) is 4.74 Å². The molecule has 0 saturated heterocycles. The Kier molecular flexibility index (Phi) is 4.19. The van der Waals surface area contributed by atoms with Crippen molar-refractivity contribution in [3.8, 4) is 0 Å². The number of carbonyl (C=O) groups excluding carboxylic acids is 1. The van der Waals surface area contributed by atoms with Crippen LogP contribution in [0.3, 0.4) is 0 Å². The van der Waals surface area contributed by atoms with Crippen molar-refractivity contribution in [1.29, 1.82) is 0 Å². The van der Waals surface area contributed by atoms with E-state index in [0.29, 0.717) is 12.0 Å². The van der Waals surface area contributed by atoms with Crippen LogP contribution in [0, 0.1) is 0 Å². The second-order valence-corrected chi connectivity index (χ2v) is 7.14. The Morgan fingerprint density at radius 1 is 1.17 bits per heavy atom. The molecule has 0 amide bonds. The van der Waals surface area contributed by atoms with Crippen molar-refractivity contribution in [3.63, 3.8) is 0 Å². The molecule has 120 valence electrons. The minimum Gasteiger partial charge on any atom is -0.465 e. The summed E-state index contributed by atoms with van der Waals surface area (Å²) in [6.45, 7) is 0. The fraction of sp³-hybridized carbons (Fsp3) is 0.235. The molecule has 0 bridgehead atoms. The van der Waals surface area contributed by atoms with Gasteiger partial charge in [0.1, 0.15) is 0 Å². The molecule has 0 aliphatic heterocycles. The van der Waals surface area contributed by atoms with Crippen LogP contribution in [0.25, 0.3) is 0 Å². The lowest BCUT2D eigenvalue weighted by Gasteiger charge is -2.15. The van der Waals surface area contributed by atoms with Gasteiger partial charge in [-0.1, -0.05) is 24.3 Å². The molecule has 2 aromatic carbocycles. The normalized spacial score (nSPS) is 16.8. The third-order valence-corrected chi connectivity index (χ3v) is 5.48. The molecule has 5 nitrogen and oxygen atoms in total. The summed E-state index contributed by atoms with van der Waals surface area (Å²) < 4.78 is 32.4. The molecule has 0 saturated carbocycles. The van der Waals surface area contributed by atoms with Gasteiger partial charge in [0, 0.05) is 6.04 Å². The highest BCUT2D eigenvalue weighted by atomic mass is 32.2. The minimum atomic E-state index is -3.59. The monoisotopic (exact) mass is 331 g/mol.